The summed E-state index contributed by atoms with van der Waals surface area (Å²) < 4.78 is 0. The molecule has 2 aliphatic carbocycles. The fraction of sp³-hybridized carbons (Fsp3) is 0.692. The molecule has 1 heterocycles. The summed E-state index contributed by atoms with van der Waals surface area (Å²) in [4.78, 5) is 19.0. The third-order valence-electron chi connectivity index (χ3n) is 3.72. The first-order valence-electron chi connectivity index (χ1n) is 6.65. The van der Waals surface area contributed by atoms with Gasteiger partial charge in [-0.1, -0.05) is 12.8 Å². The molecule has 1 aromatic rings. The van der Waals surface area contributed by atoms with E-state index in [0.29, 0.717) is 18.5 Å². The van der Waals surface area contributed by atoms with Gasteiger partial charge in [0.05, 0.1) is 12.2 Å². The summed E-state index contributed by atoms with van der Waals surface area (Å²) in [5, 5.41) is 3.39. The van der Waals surface area contributed by atoms with Crippen LogP contribution < -0.4 is 10.9 Å². The molecule has 0 atom stereocenters. The van der Waals surface area contributed by atoms with Crippen LogP contribution in [0.4, 0.5) is 0 Å². The number of rotatable bonds is 4. The van der Waals surface area contributed by atoms with Crippen LogP contribution in [-0.2, 0) is 6.54 Å². The van der Waals surface area contributed by atoms with Gasteiger partial charge >= 0.3 is 0 Å². The average molecular weight is 233 g/mol. The van der Waals surface area contributed by atoms with Crippen LogP contribution in [0, 0.1) is 0 Å². The molecule has 2 N–H and O–H groups in total. The van der Waals surface area contributed by atoms with E-state index in [9.17, 15) is 4.79 Å². The smallest absolute Gasteiger partial charge is 0.251 e. The van der Waals surface area contributed by atoms with Gasteiger partial charge in [0, 0.05) is 18.0 Å². The van der Waals surface area contributed by atoms with Crippen molar-refractivity contribution in [2.24, 2.45) is 0 Å². The molecule has 3 rings (SSSR count). The lowest BCUT2D eigenvalue weighted by Gasteiger charge is -2.10. The van der Waals surface area contributed by atoms with E-state index in [4.69, 9.17) is 0 Å². The maximum Gasteiger partial charge on any atom is 0.251 e. The molecule has 0 aromatic carbocycles. The second-order valence-electron chi connectivity index (χ2n) is 5.25. The van der Waals surface area contributed by atoms with Crippen molar-refractivity contribution in [2.75, 3.05) is 0 Å². The monoisotopic (exact) mass is 233 g/mol. The van der Waals surface area contributed by atoms with E-state index in [2.05, 4.69) is 15.3 Å². The van der Waals surface area contributed by atoms with Gasteiger partial charge in [0.25, 0.3) is 5.56 Å². The standard InChI is InChI=1S/C13H19N3O/c17-13-7-11(9-3-1-2-4-9)15-12(16-13)8-14-10-5-6-10/h7,9-10,14H,1-6,8H2,(H,15,16,17). The predicted molar refractivity (Wildman–Crippen MR) is 65.9 cm³/mol. The molecule has 0 saturated heterocycles. The third kappa shape index (κ3) is 2.75. The van der Waals surface area contributed by atoms with Crippen LogP contribution in [0.2, 0.25) is 0 Å². The van der Waals surface area contributed by atoms with Gasteiger partial charge in [-0.05, 0) is 25.7 Å². The van der Waals surface area contributed by atoms with Gasteiger partial charge in [0.2, 0.25) is 0 Å². The van der Waals surface area contributed by atoms with Crippen molar-refractivity contribution < 1.29 is 0 Å². The van der Waals surface area contributed by atoms with E-state index in [1.807, 2.05) is 0 Å². The minimum Gasteiger partial charge on any atom is -0.309 e. The molecule has 0 unspecified atom stereocenters. The fourth-order valence-electron chi connectivity index (χ4n) is 2.57. The van der Waals surface area contributed by atoms with Crippen molar-refractivity contribution in [2.45, 2.75) is 57.0 Å². The highest BCUT2D eigenvalue weighted by molar-refractivity contribution is 5.10. The lowest BCUT2D eigenvalue weighted by atomic mass is 10.0. The molecule has 2 fully saturated rings. The van der Waals surface area contributed by atoms with Crippen LogP contribution in [0.5, 0.6) is 0 Å². The summed E-state index contributed by atoms with van der Waals surface area (Å²) >= 11 is 0. The van der Waals surface area contributed by atoms with Gasteiger partial charge in [-0.2, -0.15) is 0 Å². The van der Waals surface area contributed by atoms with Crippen LogP contribution in [0.3, 0.4) is 0 Å². The van der Waals surface area contributed by atoms with Gasteiger partial charge in [-0.3, -0.25) is 4.79 Å². The molecule has 92 valence electrons. The van der Waals surface area contributed by atoms with Crippen molar-refractivity contribution in [1.82, 2.24) is 15.3 Å². The van der Waals surface area contributed by atoms with Crippen LogP contribution in [0.15, 0.2) is 10.9 Å². The summed E-state index contributed by atoms with van der Waals surface area (Å²) in [5.41, 5.74) is 0.994. The number of nitrogens with zero attached hydrogens (tertiary/aromatic N) is 1. The zero-order valence-corrected chi connectivity index (χ0v) is 10.0. The highest BCUT2D eigenvalue weighted by atomic mass is 16.1. The van der Waals surface area contributed by atoms with E-state index in [1.54, 1.807) is 6.07 Å². The number of hydrogen-bond donors (Lipinski definition) is 2. The topological polar surface area (TPSA) is 57.8 Å². The number of nitrogens with one attached hydrogen (secondary N) is 2. The SMILES string of the molecule is O=c1cc(C2CCCC2)nc(CNC2CC2)[nH]1. The second-order valence-corrected chi connectivity index (χ2v) is 5.25. The molecular formula is C13H19N3O. The molecule has 1 aromatic heterocycles. The Balaban J connectivity index is 1.75. The number of aromatic amines is 1. The summed E-state index contributed by atoms with van der Waals surface area (Å²) in [6, 6.07) is 2.33. The van der Waals surface area contributed by atoms with Crippen LogP contribution in [0.1, 0.15) is 56.0 Å². The molecule has 2 aliphatic rings. The van der Waals surface area contributed by atoms with E-state index in [1.165, 1.54) is 38.5 Å². The van der Waals surface area contributed by atoms with Gasteiger partial charge in [-0.15, -0.1) is 0 Å². The quantitative estimate of drug-likeness (QED) is 0.832. The first-order valence-corrected chi connectivity index (χ1v) is 6.65. The average Bonchev–Trinajstić information content (AvgIpc) is 2.98. The fourth-order valence-corrected chi connectivity index (χ4v) is 2.57. The lowest BCUT2D eigenvalue weighted by Crippen LogP contribution is -2.22. The molecule has 2 saturated carbocycles. The summed E-state index contributed by atoms with van der Waals surface area (Å²) in [6.07, 6.45) is 7.43. The molecule has 0 amide bonds. The lowest BCUT2D eigenvalue weighted by molar-refractivity contribution is 0.631. The molecule has 0 radical (unpaired) electrons. The molecule has 0 aliphatic heterocycles. The molecule has 4 nitrogen and oxygen atoms in total. The van der Waals surface area contributed by atoms with Crippen molar-refractivity contribution in [3.8, 4) is 0 Å². The van der Waals surface area contributed by atoms with Gasteiger partial charge < -0.3 is 10.3 Å². The zero-order chi connectivity index (χ0) is 11.7. The van der Waals surface area contributed by atoms with Crippen molar-refractivity contribution >= 4 is 0 Å². The van der Waals surface area contributed by atoms with Gasteiger partial charge in [0.15, 0.2) is 0 Å². The molecule has 17 heavy (non-hydrogen) atoms. The van der Waals surface area contributed by atoms with E-state index >= 15 is 0 Å². The molecule has 0 bridgehead atoms. The molecular weight excluding hydrogens is 214 g/mol. The predicted octanol–water partition coefficient (Wildman–Crippen LogP) is 1.68. The Morgan fingerprint density at radius 3 is 2.76 bits per heavy atom. The molecule has 4 heteroatoms. The Morgan fingerprint density at radius 1 is 1.29 bits per heavy atom. The van der Waals surface area contributed by atoms with Crippen LogP contribution in [0.25, 0.3) is 0 Å². The van der Waals surface area contributed by atoms with Crippen molar-refractivity contribution in [3.05, 3.63) is 27.9 Å². The Kier molecular flexibility index (Phi) is 2.97. The Bertz CT molecular complexity index is 444. The summed E-state index contributed by atoms with van der Waals surface area (Å²) in [6.45, 7) is 0.695. The van der Waals surface area contributed by atoms with Crippen molar-refractivity contribution in [3.63, 3.8) is 0 Å². The first-order chi connectivity index (χ1) is 8.31. The normalized spacial score (nSPS) is 20.9. The number of aromatic nitrogens is 2. The second kappa shape index (κ2) is 4.61. The van der Waals surface area contributed by atoms with Crippen LogP contribution in [-0.4, -0.2) is 16.0 Å². The zero-order valence-electron chi connectivity index (χ0n) is 10.0. The van der Waals surface area contributed by atoms with E-state index in [0.717, 1.165) is 11.5 Å². The van der Waals surface area contributed by atoms with Crippen molar-refractivity contribution in [1.29, 1.82) is 0 Å². The number of hydrogen-bond acceptors (Lipinski definition) is 3. The maximum absolute atomic E-state index is 11.6. The Hall–Kier alpha value is -1.16. The highest BCUT2D eigenvalue weighted by Gasteiger charge is 2.22. The molecule has 0 spiro atoms. The summed E-state index contributed by atoms with van der Waals surface area (Å²) in [7, 11) is 0. The summed E-state index contributed by atoms with van der Waals surface area (Å²) in [5.74, 6) is 1.31. The highest BCUT2D eigenvalue weighted by Crippen LogP contribution is 2.32. The van der Waals surface area contributed by atoms with Crippen LogP contribution >= 0.6 is 0 Å². The van der Waals surface area contributed by atoms with E-state index < -0.39 is 0 Å². The maximum atomic E-state index is 11.6. The Morgan fingerprint density at radius 2 is 2.06 bits per heavy atom. The minimum absolute atomic E-state index is 0.00510. The largest absolute Gasteiger partial charge is 0.309 e. The Labute approximate surface area is 101 Å². The van der Waals surface area contributed by atoms with E-state index in [-0.39, 0.29) is 5.56 Å². The van der Waals surface area contributed by atoms with Gasteiger partial charge in [0.1, 0.15) is 5.82 Å². The minimum atomic E-state index is -0.00510. The van der Waals surface area contributed by atoms with Gasteiger partial charge in [-0.25, -0.2) is 4.98 Å². The third-order valence-corrected chi connectivity index (χ3v) is 3.72. The number of H-pyrrole nitrogens is 1. The first kappa shape index (κ1) is 11.0.